The van der Waals surface area contributed by atoms with Gasteiger partial charge in [-0.25, -0.2) is 9.97 Å². The van der Waals surface area contributed by atoms with Crippen molar-refractivity contribution in [3.8, 4) is 5.75 Å². The fourth-order valence-electron chi connectivity index (χ4n) is 4.33. The van der Waals surface area contributed by atoms with E-state index in [1.807, 2.05) is 24.7 Å². The molecule has 0 spiro atoms. The Morgan fingerprint density at radius 1 is 1.06 bits per heavy atom. The van der Waals surface area contributed by atoms with Crippen molar-refractivity contribution in [3.63, 3.8) is 0 Å². The maximum Gasteiger partial charge on any atom is 0.227 e. The lowest BCUT2D eigenvalue weighted by atomic mass is 10.1. The molecule has 0 atom stereocenters. The van der Waals surface area contributed by atoms with Gasteiger partial charge >= 0.3 is 0 Å². The second-order valence-electron chi connectivity index (χ2n) is 8.24. The van der Waals surface area contributed by atoms with Crippen molar-refractivity contribution in [1.29, 1.82) is 0 Å². The Morgan fingerprint density at radius 2 is 1.94 bits per heavy atom. The zero-order valence-corrected chi connectivity index (χ0v) is 18.1. The van der Waals surface area contributed by atoms with Gasteiger partial charge in [0.1, 0.15) is 5.75 Å². The Balaban J connectivity index is 1.43. The van der Waals surface area contributed by atoms with Crippen molar-refractivity contribution in [2.24, 2.45) is 0 Å². The van der Waals surface area contributed by atoms with Gasteiger partial charge in [-0.1, -0.05) is 6.08 Å². The topological polar surface area (TPSA) is 66.4 Å². The number of hydrogen-bond acceptors (Lipinski definition) is 7. The van der Waals surface area contributed by atoms with E-state index >= 15 is 0 Å². The molecule has 0 saturated carbocycles. The molecule has 3 aromatic rings. The first-order chi connectivity index (χ1) is 15.2. The van der Waals surface area contributed by atoms with Crippen LogP contribution in [0.25, 0.3) is 16.5 Å². The first-order valence-corrected chi connectivity index (χ1v) is 10.9. The Bertz CT molecular complexity index is 1120. The van der Waals surface area contributed by atoms with Crippen LogP contribution >= 0.6 is 0 Å². The van der Waals surface area contributed by atoms with Gasteiger partial charge in [0.2, 0.25) is 5.95 Å². The van der Waals surface area contributed by atoms with E-state index in [0.29, 0.717) is 5.95 Å². The van der Waals surface area contributed by atoms with Crippen molar-refractivity contribution in [3.05, 3.63) is 48.4 Å². The van der Waals surface area contributed by atoms with Gasteiger partial charge in [0.15, 0.2) is 0 Å². The third-order valence-electron chi connectivity index (χ3n) is 6.18. The van der Waals surface area contributed by atoms with Crippen LogP contribution in [0.2, 0.25) is 0 Å². The third kappa shape index (κ3) is 4.05. The van der Waals surface area contributed by atoms with Crippen LogP contribution in [0.1, 0.15) is 24.8 Å². The number of aromatic nitrogens is 3. The summed E-state index contributed by atoms with van der Waals surface area (Å²) in [7, 11) is 3.87. The van der Waals surface area contributed by atoms with Crippen molar-refractivity contribution in [1.82, 2.24) is 19.9 Å². The van der Waals surface area contributed by atoms with Crippen molar-refractivity contribution in [2.75, 3.05) is 50.6 Å². The molecule has 2 aliphatic rings. The summed E-state index contributed by atoms with van der Waals surface area (Å²) in [6, 6.07) is 6.27. The SMILES string of the molecule is COc1cc(N2CCN(C)CC2)ccc1Nc1ncc2cncc(C3=CCCC3)c2n1. The Hall–Kier alpha value is -3.19. The fraction of sp³-hybridized carbons (Fsp3) is 0.375. The number of methoxy groups -OCH3 is 1. The zero-order chi connectivity index (χ0) is 21.2. The van der Waals surface area contributed by atoms with Crippen LogP contribution in [0.15, 0.2) is 42.9 Å². The van der Waals surface area contributed by atoms with E-state index in [4.69, 9.17) is 9.72 Å². The molecule has 7 heteroatoms. The Morgan fingerprint density at radius 3 is 2.71 bits per heavy atom. The average Bonchev–Trinajstić information content (AvgIpc) is 3.34. The number of benzene rings is 1. The molecule has 1 aliphatic heterocycles. The number of hydrogen-bond donors (Lipinski definition) is 1. The maximum absolute atomic E-state index is 5.69. The van der Waals surface area contributed by atoms with Crippen LogP contribution in [-0.4, -0.2) is 60.2 Å². The number of piperazine rings is 1. The quantitative estimate of drug-likeness (QED) is 0.672. The first kappa shape index (κ1) is 19.8. The molecular formula is C24H28N6O. The van der Waals surface area contributed by atoms with Gasteiger partial charge < -0.3 is 19.9 Å². The second-order valence-corrected chi connectivity index (χ2v) is 8.24. The highest BCUT2D eigenvalue weighted by Crippen LogP contribution is 2.34. The second kappa shape index (κ2) is 8.51. The summed E-state index contributed by atoms with van der Waals surface area (Å²) in [5, 5.41) is 4.31. The predicted octanol–water partition coefficient (Wildman–Crippen LogP) is 4.10. The lowest BCUT2D eigenvalue weighted by Crippen LogP contribution is -2.44. The summed E-state index contributed by atoms with van der Waals surface area (Å²) in [4.78, 5) is 18.5. The van der Waals surface area contributed by atoms with E-state index in [1.165, 1.54) is 17.7 Å². The average molecular weight is 417 g/mol. The minimum atomic E-state index is 0.559. The van der Waals surface area contributed by atoms with Crippen LogP contribution in [0, 0.1) is 0 Å². The molecule has 31 heavy (non-hydrogen) atoms. The summed E-state index contributed by atoms with van der Waals surface area (Å²) in [5.74, 6) is 1.35. The number of likely N-dealkylation sites (N-methyl/N-ethyl adjacent to an activating group) is 1. The zero-order valence-electron chi connectivity index (χ0n) is 18.1. The molecule has 1 fully saturated rings. The summed E-state index contributed by atoms with van der Waals surface area (Å²) >= 11 is 0. The van der Waals surface area contributed by atoms with E-state index in [1.54, 1.807) is 7.11 Å². The van der Waals surface area contributed by atoms with Gasteiger partial charge in [-0.05, 0) is 44.0 Å². The van der Waals surface area contributed by atoms with E-state index in [0.717, 1.165) is 66.9 Å². The highest BCUT2D eigenvalue weighted by Gasteiger charge is 2.17. The molecule has 1 saturated heterocycles. The van der Waals surface area contributed by atoms with Gasteiger partial charge in [0.05, 0.1) is 18.3 Å². The monoisotopic (exact) mass is 416 g/mol. The van der Waals surface area contributed by atoms with Crippen LogP contribution < -0.4 is 15.0 Å². The highest BCUT2D eigenvalue weighted by atomic mass is 16.5. The molecule has 160 valence electrons. The van der Waals surface area contributed by atoms with E-state index < -0.39 is 0 Å². The van der Waals surface area contributed by atoms with Gasteiger partial charge in [0, 0.05) is 67.5 Å². The van der Waals surface area contributed by atoms with Gasteiger partial charge in [-0.2, -0.15) is 0 Å². The minimum absolute atomic E-state index is 0.559. The molecule has 0 amide bonds. The summed E-state index contributed by atoms with van der Waals surface area (Å²) in [6.07, 6.45) is 11.3. The predicted molar refractivity (Wildman–Crippen MR) is 125 cm³/mol. The smallest absolute Gasteiger partial charge is 0.227 e. The molecular weight excluding hydrogens is 388 g/mol. The van der Waals surface area contributed by atoms with Crippen LogP contribution in [-0.2, 0) is 0 Å². The molecule has 5 rings (SSSR count). The number of ether oxygens (including phenoxy) is 1. The molecule has 0 unspecified atom stereocenters. The third-order valence-corrected chi connectivity index (χ3v) is 6.18. The lowest BCUT2D eigenvalue weighted by Gasteiger charge is -2.34. The van der Waals surface area contributed by atoms with Crippen molar-refractivity contribution in [2.45, 2.75) is 19.3 Å². The molecule has 1 aliphatic carbocycles. The molecule has 2 aromatic heterocycles. The first-order valence-electron chi connectivity index (χ1n) is 10.9. The lowest BCUT2D eigenvalue weighted by molar-refractivity contribution is 0.312. The largest absolute Gasteiger partial charge is 0.494 e. The maximum atomic E-state index is 5.69. The van der Waals surface area contributed by atoms with Gasteiger partial charge in [-0.3, -0.25) is 4.98 Å². The number of nitrogens with zero attached hydrogens (tertiary/aromatic N) is 5. The van der Waals surface area contributed by atoms with Crippen molar-refractivity contribution >= 4 is 33.8 Å². The number of allylic oxidation sites excluding steroid dienone is 2. The van der Waals surface area contributed by atoms with Crippen LogP contribution in [0.5, 0.6) is 5.75 Å². The number of fused-ring (bicyclic) bond motifs is 1. The Labute approximate surface area is 182 Å². The van der Waals surface area contributed by atoms with Crippen LogP contribution in [0.3, 0.4) is 0 Å². The molecule has 0 radical (unpaired) electrons. The molecule has 1 aromatic carbocycles. The molecule has 3 heterocycles. The summed E-state index contributed by atoms with van der Waals surface area (Å²) in [5.41, 5.74) is 5.41. The van der Waals surface area contributed by atoms with E-state index in [2.05, 4.69) is 50.3 Å². The van der Waals surface area contributed by atoms with Gasteiger partial charge in [-0.15, -0.1) is 0 Å². The minimum Gasteiger partial charge on any atom is -0.494 e. The molecule has 1 N–H and O–H groups in total. The Kier molecular flexibility index (Phi) is 5.42. The van der Waals surface area contributed by atoms with Gasteiger partial charge in [0.25, 0.3) is 0 Å². The number of anilines is 3. The molecule has 7 nitrogen and oxygen atoms in total. The number of pyridine rings is 1. The highest BCUT2D eigenvalue weighted by molar-refractivity contribution is 5.90. The summed E-state index contributed by atoms with van der Waals surface area (Å²) in [6.45, 7) is 4.18. The normalized spacial score (nSPS) is 17.1. The fourth-order valence-corrected chi connectivity index (χ4v) is 4.33. The van der Waals surface area contributed by atoms with E-state index in [9.17, 15) is 0 Å². The number of nitrogens with one attached hydrogen (secondary N) is 1. The number of rotatable bonds is 5. The molecule has 0 bridgehead atoms. The summed E-state index contributed by atoms with van der Waals surface area (Å²) < 4.78 is 5.69. The van der Waals surface area contributed by atoms with Crippen LogP contribution in [0.4, 0.5) is 17.3 Å². The van der Waals surface area contributed by atoms with Crippen molar-refractivity contribution < 1.29 is 4.74 Å². The standard InChI is InChI=1S/C24H28N6O/c1-29-9-11-30(12-10-29)19-7-8-21(22(13-19)31-2)27-24-26-15-18-14-25-16-20(23(18)28-24)17-5-3-4-6-17/h5,7-8,13-16H,3-4,6,9-12H2,1-2H3,(H,26,27,28). The van der Waals surface area contributed by atoms with E-state index in [-0.39, 0.29) is 0 Å².